The highest BCUT2D eigenvalue weighted by molar-refractivity contribution is 5.84. The first-order valence-corrected chi connectivity index (χ1v) is 8.16. The van der Waals surface area contributed by atoms with Crippen LogP contribution in [0.3, 0.4) is 0 Å². The maximum Gasteiger partial charge on any atom is 0.246 e. The zero-order valence-corrected chi connectivity index (χ0v) is 14.5. The SMILES string of the molecule is CC(C)=C[C@@H]1[C@@H](C(=O)N2CCO[C@@H](c3nnc(C)o3)C2)C1(C)C. The van der Waals surface area contributed by atoms with Gasteiger partial charge in [-0.2, -0.15) is 0 Å². The highest BCUT2D eigenvalue weighted by Gasteiger charge is 2.61. The summed E-state index contributed by atoms with van der Waals surface area (Å²) < 4.78 is 11.1. The van der Waals surface area contributed by atoms with Crippen LogP contribution in [0, 0.1) is 24.2 Å². The van der Waals surface area contributed by atoms with E-state index < -0.39 is 0 Å². The van der Waals surface area contributed by atoms with Crippen LogP contribution < -0.4 is 0 Å². The number of allylic oxidation sites excluding steroid dienone is 2. The van der Waals surface area contributed by atoms with E-state index in [1.807, 2.05) is 4.90 Å². The first-order valence-electron chi connectivity index (χ1n) is 8.16. The molecule has 0 N–H and O–H groups in total. The molecule has 0 aromatic carbocycles. The van der Waals surface area contributed by atoms with Gasteiger partial charge in [0.2, 0.25) is 17.7 Å². The number of morpholine rings is 1. The number of aryl methyl sites for hydroxylation is 1. The average molecular weight is 319 g/mol. The van der Waals surface area contributed by atoms with Crippen molar-refractivity contribution >= 4 is 5.91 Å². The minimum atomic E-state index is -0.322. The Hall–Kier alpha value is -1.69. The zero-order valence-electron chi connectivity index (χ0n) is 14.5. The molecule has 6 nitrogen and oxygen atoms in total. The van der Waals surface area contributed by atoms with Gasteiger partial charge in [-0.15, -0.1) is 10.2 Å². The summed E-state index contributed by atoms with van der Waals surface area (Å²) in [5.41, 5.74) is 1.29. The monoisotopic (exact) mass is 319 g/mol. The number of nitrogens with zero attached hydrogens (tertiary/aromatic N) is 3. The van der Waals surface area contributed by atoms with Gasteiger partial charge in [0.15, 0.2) is 6.10 Å². The van der Waals surface area contributed by atoms with E-state index in [9.17, 15) is 4.79 Å². The number of rotatable bonds is 3. The topological polar surface area (TPSA) is 68.5 Å². The van der Waals surface area contributed by atoms with Crippen LogP contribution >= 0.6 is 0 Å². The van der Waals surface area contributed by atoms with Crippen molar-refractivity contribution in [3.05, 3.63) is 23.4 Å². The molecule has 1 aromatic rings. The Labute approximate surface area is 136 Å². The number of carbonyl (C=O) groups is 1. The van der Waals surface area contributed by atoms with E-state index in [0.29, 0.717) is 37.4 Å². The molecule has 3 atom stereocenters. The Morgan fingerprint density at radius 3 is 2.70 bits per heavy atom. The lowest BCUT2D eigenvalue weighted by Gasteiger charge is -2.31. The van der Waals surface area contributed by atoms with Gasteiger partial charge in [-0.1, -0.05) is 25.5 Å². The normalized spacial score (nSPS) is 29.3. The molecule has 2 heterocycles. The molecule has 23 heavy (non-hydrogen) atoms. The Morgan fingerprint density at radius 2 is 2.09 bits per heavy atom. The van der Waals surface area contributed by atoms with E-state index in [4.69, 9.17) is 9.15 Å². The summed E-state index contributed by atoms with van der Waals surface area (Å²) in [6.45, 7) is 11.8. The molecule has 6 heteroatoms. The molecule has 1 aromatic heterocycles. The minimum Gasteiger partial charge on any atom is -0.423 e. The Kier molecular flexibility index (Phi) is 4.04. The van der Waals surface area contributed by atoms with E-state index in [-0.39, 0.29) is 23.3 Å². The Morgan fingerprint density at radius 1 is 1.35 bits per heavy atom. The number of carbonyl (C=O) groups excluding carboxylic acids is 1. The van der Waals surface area contributed by atoms with Gasteiger partial charge >= 0.3 is 0 Å². The molecular formula is C17H25N3O3. The molecule has 0 unspecified atom stereocenters. The van der Waals surface area contributed by atoms with Crippen LogP contribution in [0.5, 0.6) is 0 Å². The number of aromatic nitrogens is 2. The average Bonchev–Trinajstić information content (AvgIpc) is 2.84. The molecule has 1 saturated heterocycles. The van der Waals surface area contributed by atoms with Crippen LogP contribution in [0.25, 0.3) is 0 Å². The summed E-state index contributed by atoms with van der Waals surface area (Å²) in [4.78, 5) is 14.8. The number of ether oxygens (including phenoxy) is 1. The second-order valence-corrected chi connectivity index (χ2v) is 7.37. The quantitative estimate of drug-likeness (QED) is 0.801. The highest BCUT2D eigenvalue weighted by atomic mass is 16.5. The maximum absolute atomic E-state index is 12.9. The third-order valence-corrected chi connectivity index (χ3v) is 4.88. The van der Waals surface area contributed by atoms with E-state index >= 15 is 0 Å². The maximum atomic E-state index is 12.9. The predicted octanol–water partition coefficient (Wildman–Crippen LogP) is 2.52. The summed E-state index contributed by atoms with van der Waals surface area (Å²) in [6, 6.07) is 0. The van der Waals surface area contributed by atoms with E-state index in [1.165, 1.54) is 5.57 Å². The largest absolute Gasteiger partial charge is 0.423 e. The van der Waals surface area contributed by atoms with Gasteiger partial charge in [0, 0.05) is 13.5 Å². The second-order valence-electron chi connectivity index (χ2n) is 7.37. The summed E-state index contributed by atoms with van der Waals surface area (Å²) in [6.07, 6.45) is 1.90. The van der Waals surface area contributed by atoms with Gasteiger partial charge in [0.1, 0.15) is 0 Å². The molecule has 2 aliphatic rings. The molecule has 0 bridgehead atoms. The molecule has 0 spiro atoms. The molecule has 0 radical (unpaired) electrons. The number of amides is 1. The van der Waals surface area contributed by atoms with Crippen molar-refractivity contribution in [2.75, 3.05) is 19.7 Å². The van der Waals surface area contributed by atoms with Crippen molar-refractivity contribution in [3.8, 4) is 0 Å². The molecule has 1 saturated carbocycles. The van der Waals surface area contributed by atoms with Crippen LogP contribution in [0.2, 0.25) is 0 Å². The van der Waals surface area contributed by atoms with Gasteiger partial charge in [-0.3, -0.25) is 4.79 Å². The van der Waals surface area contributed by atoms with Gasteiger partial charge in [0.05, 0.1) is 19.1 Å². The van der Waals surface area contributed by atoms with Gasteiger partial charge in [-0.25, -0.2) is 0 Å². The fourth-order valence-electron chi connectivity index (χ4n) is 3.46. The number of hydrogen-bond acceptors (Lipinski definition) is 5. The van der Waals surface area contributed by atoms with Crippen LogP contribution in [-0.4, -0.2) is 40.7 Å². The summed E-state index contributed by atoms with van der Waals surface area (Å²) in [7, 11) is 0. The molecule has 3 rings (SSSR count). The first-order chi connectivity index (χ1) is 10.8. The zero-order chi connectivity index (χ0) is 16.8. The lowest BCUT2D eigenvalue weighted by molar-refractivity contribution is -0.142. The van der Waals surface area contributed by atoms with E-state index in [0.717, 1.165) is 0 Å². The molecule has 126 valence electrons. The van der Waals surface area contributed by atoms with E-state index in [1.54, 1.807) is 6.92 Å². The van der Waals surface area contributed by atoms with E-state index in [2.05, 4.69) is 44.0 Å². The van der Waals surface area contributed by atoms with Crippen molar-refractivity contribution in [1.82, 2.24) is 15.1 Å². The van der Waals surface area contributed by atoms with Crippen molar-refractivity contribution in [3.63, 3.8) is 0 Å². The molecule has 1 aliphatic carbocycles. The molecular weight excluding hydrogens is 294 g/mol. The summed E-state index contributed by atoms with van der Waals surface area (Å²) >= 11 is 0. The van der Waals surface area contributed by atoms with Crippen LogP contribution in [-0.2, 0) is 9.53 Å². The Bertz CT molecular complexity index is 631. The van der Waals surface area contributed by atoms with Crippen molar-refractivity contribution in [2.45, 2.75) is 40.7 Å². The smallest absolute Gasteiger partial charge is 0.246 e. The summed E-state index contributed by atoms with van der Waals surface area (Å²) in [5.74, 6) is 1.56. The van der Waals surface area contributed by atoms with Crippen LogP contribution in [0.4, 0.5) is 0 Å². The fraction of sp³-hybridized carbons (Fsp3) is 0.706. The molecule has 1 amide bonds. The molecule has 1 aliphatic heterocycles. The lowest BCUT2D eigenvalue weighted by atomic mass is 10.1. The van der Waals surface area contributed by atoms with Crippen molar-refractivity contribution in [1.29, 1.82) is 0 Å². The third kappa shape index (κ3) is 3.04. The second kappa shape index (κ2) is 5.74. The number of hydrogen-bond donors (Lipinski definition) is 0. The van der Waals surface area contributed by atoms with Gasteiger partial charge in [-0.05, 0) is 25.2 Å². The van der Waals surface area contributed by atoms with Gasteiger partial charge in [0.25, 0.3) is 0 Å². The minimum absolute atomic E-state index is 0.0310. The lowest BCUT2D eigenvalue weighted by Crippen LogP contribution is -2.43. The van der Waals surface area contributed by atoms with Crippen molar-refractivity contribution in [2.24, 2.45) is 17.3 Å². The Balaban J connectivity index is 1.69. The van der Waals surface area contributed by atoms with Gasteiger partial charge < -0.3 is 14.1 Å². The highest BCUT2D eigenvalue weighted by Crippen LogP contribution is 2.60. The fourth-order valence-corrected chi connectivity index (χ4v) is 3.46. The van der Waals surface area contributed by atoms with Crippen LogP contribution in [0.1, 0.15) is 45.6 Å². The summed E-state index contributed by atoms with van der Waals surface area (Å²) in [5, 5.41) is 7.86. The third-order valence-electron chi connectivity index (χ3n) is 4.88. The van der Waals surface area contributed by atoms with Crippen molar-refractivity contribution < 1.29 is 13.9 Å². The first kappa shape index (κ1) is 16.2. The standard InChI is InChI=1S/C17H25N3O3/c1-10(2)8-12-14(17(12,4)5)16(21)20-6-7-22-13(9-20)15-19-18-11(3)23-15/h8,12-14H,6-7,9H2,1-5H3/t12-,13-,14+/m1/s1. The molecule has 2 fully saturated rings. The predicted molar refractivity (Wildman–Crippen MR) is 84.5 cm³/mol. The van der Waals surface area contributed by atoms with Crippen LogP contribution in [0.15, 0.2) is 16.1 Å².